The number of anilines is 1. The van der Waals surface area contributed by atoms with Crippen molar-refractivity contribution in [2.24, 2.45) is 0 Å². The van der Waals surface area contributed by atoms with Crippen LogP contribution in [0.25, 0.3) is 0 Å². The van der Waals surface area contributed by atoms with E-state index in [-0.39, 0.29) is 17.2 Å². The van der Waals surface area contributed by atoms with Crippen molar-refractivity contribution < 1.29 is 22.8 Å². The first-order valence-corrected chi connectivity index (χ1v) is 8.57. The molecule has 0 aliphatic rings. The first-order valence-electron chi connectivity index (χ1n) is 8.57. The summed E-state index contributed by atoms with van der Waals surface area (Å²) in [4.78, 5) is 30.3. The Morgan fingerprint density at radius 3 is 2.45 bits per heavy atom. The standard InChI is InChI=1S/C21H16F3N3O2/c1-27(12-13-5-3-2-4-6-13)21(29)14-9-10-25-17(11-14)20(28)26-16-8-7-15(22)18(23)19(16)24/h2-11H,12H2,1H3,(H,26,28). The molecule has 0 radical (unpaired) electrons. The third kappa shape index (κ3) is 4.60. The summed E-state index contributed by atoms with van der Waals surface area (Å²) in [6, 6.07) is 13.6. The van der Waals surface area contributed by atoms with Gasteiger partial charge in [0.2, 0.25) is 0 Å². The van der Waals surface area contributed by atoms with Gasteiger partial charge in [-0.3, -0.25) is 14.6 Å². The average molecular weight is 399 g/mol. The number of hydrogen-bond acceptors (Lipinski definition) is 3. The summed E-state index contributed by atoms with van der Waals surface area (Å²) >= 11 is 0. The summed E-state index contributed by atoms with van der Waals surface area (Å²) < 4.78 is 40.1. The van der Waals surface area contributed by atoms with E-state index in [1.807, 2.05) is 30.3 Å². The van der Waals surface area contributed by atoms with Crippen molar-refractivity contribution in [1.29, 1.82) is 0 Å². The van der Waals surface area contributed by atoms with Gasteiger partial charge in [-0.05, 0) is 29.8 Å². The highest BCUT2D eigenvalue weighted by molar-refractivity contribution is 6.04. The van der Waals surface area contributed by atoms with E-state index in [0.29, 0.717) is 12.6 Å². The molecule has 0 atom stereocenters. The van der Waals surface area contributed by atoms with Gasteiger partial charge in [-0.25, -0.2) is 13.2 Å². The Bertz CT molecular complexity index is 1060. The third-order valence-corrected chi connectivity index (χ3v) is 4.13. The fourth-order valence-electron chi connectivity index (χ4n) is 2.65. The number of nitrogens with one attached hydrogen (secondary N) is 1. The zero-order valence-electron chi connectivity index (χ0n) is 15.3. The van der Waals surface area contributed by atoms with E-state index in [9.17, 15) is 22.8 Å². The average Bonchev–Trinajstić information content (AvgIpc) is 2.74. The van der Waals surface area contributed by atoms with Gasteiger partial charge in [0.25, 0.3) is 11.8 Å². The molecule has 0 aliphatic carbocycles. The monoisotopic (exact) mass is 399 g/mol. The molecule has 0 saturated heterocycles. The molecule has 0 bridgehead atoms. The minimum Gasteiger partial charge on any atom is -0.337 e. The molecule has 2 aromatic carbocycles. The maximum Gasteiger partial charge on any atom is 0.274 e. The van der Waals surface area contributed by atoms with Crippen LogP contribution < -0.4 is 5.32 Å². The number of hydrogen-bond donors (Lipinski definition) is 1. The van der Waals surface area contributed by atoms with Crippen LogP contribution in [0, 0.1) is 17.5 Å². The van der Waals surface area contributed by atoms with Gasteiger partial charge in [0.05, 0.1) is 5.69 Å². The van der Waals surface area contributed by atoms with Gasteiger partial charge in [0.1, 0.15) is 5.69 Å². The fraction of sp³-hybridized carbons (Fsp3) is 0.0952. The predicted octanol–water partition coefficient (Wildman–Crippen LogP) is 4.02. The second-order valence-corrected chi connectivity index (χ2v) is 6.25. The van der Waals surface area contributed by atoms with Gasteiger partial charge in [-0.2, -0.15) is 0 Å². The molecule has 2 amide bonds. The quantitative estimate of drug-likeness (QED) is 0.659. The number of carbonyl (C=O) groups is 2. The van der Waals surface area contributed by atoms with Crippen molar-refractivity contribution in [3.05, 3.63) is 95.1 Å². The van der Waals surface area contributed by atoms with Gasteiger partial charge < -0.3 is 10.2 Å². The molecule has 1 aromatic heterocycles. The summed E-state index contributed by atoms with van der Waals surface area (Å²) in [6.45, 7) is 0.365. The van der Waals surface area contributed by atoms with Gasteiger partial charge >= 0.3 is 0 Å². The van der Waals surface area contributed by atoms with E-state index >= 15 is 0 Å². The number of pyridine rings is 1. The van der Waals surface area contributed by atoms with E-state index in [1.165, 1.54) is 23.2 Å². The van der Waals surface area contributed by atoms with Gasteiger partial charge in [0.15, 0.2) is 17.5 Å². The topological polar surface area (TPSA) is 62.3 Å². The fourth-order valence-corrected chi connectivity index (χ4v) is 2.65. The summed E-state index contributed by atoms with van der Waals surface area (Å²) in [6.07, 6.45) is 1.26. The second-order valence-electron chi connectivity index (χ2n) is 6.25. The molecule has 8 heteroatoms. The number of rotatable bonds is 5. The maximum atomic E-state index is 13.7. The lowest BCUT2D eigenvalue weighted by molar-refractivity contribution is 0.0785. The molecule has 0 aliphatic heterocycles. The van der Waals surface area contributed by atoms with E-state index in [1.54, 1.807) is 7.05 Å². The Balaban J connectivity index is 1.75. The first-order chi connectivity index (χ1) is 13.9. The molecule has 3 aromatic rings. The highest BCUT2D eigenvalue weighted by atomic mass is 19.2. The Kier molecular flexibility index (Phi) is 5.92. The maximum absolute atomic E-state index is 13.7. The second kappa shape index (κ2) is 8.55. The number of nitrogens with zero attached hydrogens (tertiary/aromatic N) is 2. The van der Waals surface area contributed by atoms with E-state index in [0.717, 1.165) is 11.6 Å². The van der Waals surface area contributed by atoms with Crippen molar-refractivity contribution in [2.75, 3.05) is 12.4 Å². The van der Waals surface area contributed by atoms with Crippen molar-refractivity contribution in [3.63, 3.8) is 0 Å². The molecular weight excluding hydrogens is 383 g/mol. The van der Waals surface area contributed by atoms with Crippen LogP contribution >= 0.6 is 0 Å². The normalized spacial score (nSPS) is 10.5. The number of benzene rings is 2. The van der Waals surface area contributed by atoms with Gasteiger partial charge in [-0.1, -0.05) is 30.3 Å². The van der Waals surface area contributed by atoms with Crippen LogP contribution in [0.5, 0.6) is 0 Å². The number of amides is 2. The number of aromatic nitrogens is 1. The Morgan fingerprint density at radius 2 is 1.72 bits per heavy atom. The predicted molar refractivity (Wildman–Crippen MR) is 101 cm³/mol. The summed E-state index contributed by atoms with van der Waals surface area (Å²) in [5.41, 5.74) is 0.431. The van der Waals surface area contributed by atoms with Crippen molar-refractivity contribution in [3.8, 4) is 0 Å². The zero-order chi connectivity index (χ0) is 21.0. The molecule has 148 valence electrons. The van der Waals surface area contributed by atoms with E-state index in [4.69, 9.17) is 0 Å². The summed E-state index contributed by atoms with van der Waals surface area (Å²) in [7, 11) is 1.62. The van der Waals surface area contributed by atoms with Crippen molar-refractivity contribution >= 4 is 17.5 Å². The molecule has 0 fully saturated rings. The van der Waals surface area contributed by atoms with Crippen LogP contribution in [-0.4, -0.2) is 28.7 Å². The van der Waals surface area contributed by atoms with E-state index in [2.05, 4.69) is 10.3 Å². The Morgan fingerprint density at radius 1 is 1.00 bits per heavy atom. The minimum absolute atomic E-state index is 0.173. The van der Waals surface area contributed by atoms with Crippen LogP contribution in [0.1, 0.15) is 26.4 Å². The Hall–Kier alpha value is -3.68. The molecule has 3 rings (SSSR count). The smallest absolute Gasteiger partial charge is 0.274 e. The van der Waals surface area contributed by atoms with Crippen LogP contribution in [0.3, 0.4) is 0 Å². The molecule has 1 heterocycles. The SMILES string of the molecule is CN(Cc1ccccc1)C(=O)c1ccnc(C(=O)Nc2ccc(F)c(F)c2F)c1. The number of carbonyl (C=O) groups excluding carboxylic acids is 2. The highest BCUT2D eigenvalue weighted by Gasteiger charge is 2.18. The Labute approximate surface area is 164 Å². The molecule has 0 unspecified atom stereocenters. The summed E-state index contributed by atoms with van der Waals surface area (Å²) in [5, 5.41) is 2.12. The van der Waals surface area contributed by atoms with Crippen molar-refractivity contribution in [2.45, 2.75) is 6.54 Å². The number of halogens is 3. The van der Waals surface area contributed by atoms with Gasteiger partial charge in [-0.15, -0.1) is 0 Å². The molecule has 1 N–H and O–H groups in total. The lowest BCUT2D eigenvalue weighted by atomic mass is 10.1. The molecule has 5 nitrogen and oxygen atoms in total. The van der Waals surface area contributed by atoms with Crippen LogP contribution in [0.4, 0.5) is 18.9 Å². The van der Waals surface area contributed by atoms with E-state index < -0.39 is 29.0 Å². The molecule has 0 saturated carbocycles. The van der Waals surface area contributed by atoms with Crippen molar-refractivity contribution in [1.82, 2.24) is 9.88 Å². The largest absolute Gasteiger partial charge is 0.337 e. The molecular formula is C21H16F3N3O2. The zero-order valence-corrected chi connectivity index (χ0v) is 15.3. The lowest BCUT2D eigenvalue weighted by Crippen LogP contribution is -2.26. The lowest BCUT2D eigenvalue weighted by Gasteiger charge is -2.17. The molecule has 0 spiro atoms. The first kappa shape index (κ1) is 20.1. The van der Waals surface area contributed by atoms with Gasteiger partial charge in [0, 0.05) is 25.4 Å². The van der Waals surface area contributed by atoms with Crippen LogP contribution in [-0.2, 0) is 6.54 Å². The molecule has 29 heavy (non-hydrogen) atoms. The summed E-state index contributed by atoms with van der Waals surface area (Å²) in [5.74, 6) is -5.79. The van der Waals surface area contributed by atoms with Crippen LogP contribution in [0.2, 0.25) is 0 Å². The van der Waals surface area contributed by atoms with Crippen LogP contribution in [0.15, 0.2) is 60.8 Å². The third-order valence-electron chi connectivity index (χ3n) is 4.13. The highest BCUT2D eigenvalue weighted by Crippen LogP contribution is 2.20. The minimum atomic E-state index is -1.69.